The summed E-state index contributed by atoms with van der Waals surface area (Å²) in [6.07, 6.45) is 1.99. The van der Waals surface area contributed by atoms with E-state index >= 15 is 0 Å². The van der Waals surface area contributed by atoms with E-state index in [4.69, 9.17) is 16.6 Å². The Morgan fingerprint density at radius 2 is 1.63 bits per heavy atom. The Hall–Kier alpha value is -4.55. The highest BCUT2D eigenvalue weighted by atomic mass is 35.5. The lowest BCUT2D eigenvalue weighted by molar-refractivity contribution is -0.114. The number of carbonyl (C=O) groups is 2. The molecule has 0 spiro atoms. The monoisotopic (exact) mass is 529 g/mol. The number of rotatable bonds is 4. The molecule has 0 radical (unpaired) electrons. The molecule has 3 N–H and O–H groups in total. The van der Waals surface area contributed by atoms with Crippen LogP contribution in [0.1, 0.15) is 24.1 Å². The molecule has 0 bridgehead atoms. The third-order valence-electron chi connectivity index (χ3n) is 6.16. The van der Waals surface area contributed by atoms with Crippen molar-refractivity contribution < 1.29 is 9.59 Å². The summed E-state index contributed by atoms with van der Waals surface area (Å²) in [6.45, 7) is 4.66. The second-order valence-corrected chi connectivity index (χ2v) is 9.29. The number of aliphatic imine (C=N–C) groups is 1. The number of halogens is 1. The first-order valence-corrected chi connectivity index (χ1v) is 12.5. The Balaban J connectivity index is 1.63. The molecule has 1 aliphatic rings. The molecule has 0 saturated carbocycles. The Kier molecular flexibility index (Phi) is 8.46. The molecule has 1 atom stereocenters. The maximum Gasteiger partial charge on any atom is 0.322 e. The van der Waals surface area contributed by atoms with Crippen LogP contribution in [-0.2, 0) is 4.79 Å². The third kappa shape index (κ3) is 6.60. The predicted molar refractivity (Wildman–Crippen MR) is 149 cm³/mol. The van der Waals surface area contributed by atoms with Crippen LogP contribution in [0.2, 0.25) is 5.02 Å². The number of amides is 3. The van der Waals surface area contributed by atoms with Gasteiger partial charge < -0.3 is 20.4 Å². The molecule has 1 fully saturated rings. The lowest BCUT2D eigenvalue weighted by atomic mass is 10.0. The van der Waals surface area contributed by atoms with Gasteiger partial charge in [0.25, 0.3) is 0 Å². The van der Waals surface area contributed by atoms with Crippen LogP contribution in [0.5, 0.6) is 0 Å². The summed E-state index contributed by atoms with van der Waals surface area (Å²) in [5, 5.41) is 18.5. The fraction of sp³-hybridized carbons (Fsp3) is 0.214. The summed E-state index contributed by atoms with van der Waals surface area (Å²) in [5.74, 6) is 0.254. The van der Waals surface area contributed by atoms with E-state index in [2.05, 4.69) is 16.0 Å². The third-order valence-corrected chi connectivity index (χ3v) is 6.41. The van der Waals surface area contributed by atoms with Gasteiger partial charge in [-0.3, -0.25) is 10.1 Å². The molecule has 1 aliphatic heterocycles. The summed E-state index contributed by atoms with van der Waals surface area (Å²) in [7, 11) is 0. The molecule has 1 saturated heterocycles. The number of nitrogens with one attached hydrogen (secondary N) is 3. The first kappa shape index (κ1) is 26.5. The molecule has 194 valence electrons. The van der Waals surface area contributed by atoms with Crippen molar-refractivity contribution >= 4 is 46.6 Å². The highest BCUT2D eigenvalue weighted by Crippen LogP contribution is 2.29. The van der Waals surface area contributed by atoms with E-state index in [9.17, 15) is 14.9 Å². The number of urea groups is 1. The SMILES string of the molecule is CC(=O)Nc1ccc(C2CN(C(=Nc3ccccc3C)NC#N)CCN2C(=O)Nc2ccc(Cl)cc2)cc1. The van der Waals surface area contributed by atoms with Crippen molar-refractivity contribution in [1.29, 1.82) is 5.26 Å². The van der Waals surface area contributed by atoms with Crippen molar-refractivity contribution in [3.8, 4) is 6.19 Å². The number of piperazine rings is 1. The van der Waals surface area contributed by atoms with E-state index < -0.39 is 0 Å². The number of nitrogens with zero attached hydrogens (tertiary/aromatic N) is 4. The van der Waals surface area contributed by atoms with Gasteiger partial charge in [0.05, 0.1) is 11.7 Å². The summed E-state index contributed by atoms with van der Waals surface area (Å²) in [5.41, 5.74) is 3.91. The Labute approximate surface area is 226 Å². The maximum absolute atomic E-state index is 13.4. The second kappa shape index (κ2) is 12.1. The van der Waals surface area contributed by atoms with E-state index in [1.807, 2.05) is 54.4 Å². The molecular formula is C28H28ClN7O2. The first-order chi connectivity index (χ1) is 18.3. The molecule has 3 amide bonds. The largest absolute Gasteiger partial charge is 0.338 e. The minimum absolute atomic E-state index is 0.162. The zero-order valence-electron chi connectivity index (χ0n) is 21.1. The average molecular weight is 530 g/mol. The number of para-hydroxylation sites is 1. The van der Waals surface area contributed by atoms with Gasteiger partial charge in [-0.1, -0.05) is 41.9 Å². The Bertz CT molecular complexity index is 1370. The van der Waals surface area contributed by atoms with Crippen molar-refractivity contribution in [2.24, 2.45) is 4.99 Å². The number of nitriles is 1. The molecule has 38 heavy (non-hydrogen) atoms. The van der Waals surface area contributed by atoms with Crippen LogP contribution >= 0.6 is 11.6 Å². The van der Waals surface area contributed by atoms with E-state index in [1.165, 1.54) is 6.92 Å². The molecule has 4 rings (SSSR count). The van der Waals surface area contributed by atoms with Crippen molar-refractivity contribution in [2.75, 3.05) is 30.3 Å². The summed E-state index contributed by atoms with van der Waals surface area (Å²) in [4.78, 5) is 33.3. The van der Waals surface area contributed by atoms with Crippen molar-refractivity contribution in [3.05, 3.63) is 88.9 Å². The number of anilines is 2. The molecule has 10 heteroatoms. The zero-order valence-corrected chi connectivity index (χ0v) is 21.9. The van der Waals surface area contributed by atoms with Crippen LogP contribution in [0, 0.1) is 18.4 Å². The van der Waals surface area contributed by atoms with E-state index in [1.54, 1.807) is 41.3 Å². The van der Waals surface area contributed by atoms with E-state index in [-0.39, 0.29) is 18.0 Å². The van der Waals surface area contributed by atoms with Gasteiger partial charge in [0.2, 0.25) is 11.9 Å². The standard InChI is InChI=1S/C28H28ClN7O2/c1-19-5-3-4-6-25(19)34-27(31-18-30)35-15-16-36(28(38)33-24-13-9-22(29)10-14-24)26(17-35)21-7-11-23(12-8-21)32-20(2)37/h3-14,26H,15-17H2,1-2H3,(H,31,34)(H,32,37)(H,33,38). The number of carbonyl (C=O) groups excluding carboxylic acids is 2. The molecule has 1 unspecified atom stereocenters. The Morgan fingerprint density at radius 1 is 0.974 bits per heavy atom. The summed E-state index contributed by atoms with van der Waals surface area (Å²) >= 11 is 5.99. The van der Waals surface area contributed by atoms with Crippen LogP contribution in [0.3, 0.4) is 0 Å². The van der Waals surface area contributed by atoms with Crippen LogP contribution in [0.15, 0.2) is 77.8 Å². The summed E-state index contributed by atoms with van der Waals surface area (Å²) < 4.78 is 0. The van der Waals surface area contributed by atoms with Gasteiger partial charge in [0.15, 0.2) is 6.19 Å². The van der Waals surface area contributed by atoms with Gasteiger partial charge in [-0.15, -0.1) is 0 Å². The molecule has 1 heterocycles. The maximum atomic E-state index is 13.4. The van der Waals surface area contributed by atoms with Crippen molar-refractivity contribution in [3.63, 3.8) is 0 Å². The molecule has 3 aromatic carbocycles. The molecule has 3 aromatic rings. The van der Waals surface area contributed by atoms with Crippen LogP contribution in [-0.4, -0.2) is 47.3 Å². The lowest BCUT2D eigenvalue weighted by Gasteiger charge is -2.42. The average Bonchev–Trinajstić information content (AvgIpc) is 2.91. The first-order valence-electron chi connectivity index (χ1n) is 12.1. The van der Waals surface area contributed by atoms with Gasteiger partial charge in [0, 0.05) is 43.0 Å². The van der Waals surface area contributed by atoms with E-state index in [0.29, 0.717) is 42.0 Å². The van der Waals surface area contributed by atoms with Gasteiger partial charge in [0.1, 0.15) is 0 Å². The predicted octanol–water partition coefficient (Wildman–Crippen LogP) is 5.26. The number of aryl methyl sites for hydroxylation is 1. The number of benzene rings is 3. The topological polar surface area (TPSA) is 113 Å². The fourth-order valence-corrected chi connectivity index (χ4v) is 4.38. The van der Waals surface area contributed by atoms with Crippen LogP contribution < -0.4 is 16.0 Å². The van der Waals surface area contributed by atoms with Crippen LogP contribution in [0.25, 0.3) is 0 Å². The Morgan fingerprint density at radius 3 is 2.29 bits per heavy atom. The quantitative estimate of drug-likeness (QED) is 0.185. The minimum atomic E-state index is -0.356. The van der Waals surface area contributed by atoms with Crippen molar-refractivity contribution in [1.82, 2.24) is 15.1 Å². The molecule has 9 nitrogen and oxygen atoms in total. The lowest BCUT2D eigenvalue weighted by Crippen LogP contribution is -2.55. The van der Waals surface area contributed by atoms with Gasteiger partial charge in [-0.2, -0.15) is 5.26 Å². The van der Waals surface area contributed by atoms with Crippen LogP contribution in [0.4, 0.5) is 21.9 Å². The van der Waals surface area contributed by atoms with E-state index in [0.717, 1.165) is 16.8 Å². The highest BCUT2D eigenvalue weighted by Gasteiger charge is 2.33. The zero-order chi connectivity index (χ0) is 27.1. The minimum Gasteiger partial charge on any atom is -0.338 e. The number of guanidine groups is 1. The molecule has 0 aliphatic carbocycles. The normalized spacial score (nSPS) is 15.4. The van der Waals surface area contributed by atoms with Gasteiger partial charge in [-0.25, -0.2) is 9.79 Å². The smallest absolute Gasteiger partial charge is 0.322 e. The number of hydrogen-bond acceptors (Lipinski definition) is 4. The summed E-state index contributed by atoms with van der Waals surface area (Å²) in [6, 6.07) is 21.4. The molecule has 0 aromatic heterocycles. The van der Waals surface area contributed by atoms with Crippen molar-refractivity contribution in [2.45, 2.75) is 19.9 Å². The highest BCUT2D eigenvalue weighted by molar-refractivity contribution is 6.30. The number of hydrogen-bond donors (Lipinski definition) is 3. The van der Waals surface area contributed by atoms with Gasteiger partial charge in [-0.05, 0) is 60.5 Å². The van der Waals surface area contributed by atoms with Gasteiger partial charge >= 0.3 is 6.03 Å². The molecular weight excluding hydrogens is 502 g/mol. The fourth-order valence-electron chi connectivity index (χ4n) is 4.25. The second-order valence-electron chi connectivity index (χ2n) is 8.85.